The molecule has 0 fully saturated rings. The number of nitrogens with one attached hydrogen (secondary N) is 1. The van der Waals surface area contributed by atoms with E-state index in [4.69, 9.17) is 9.84 Å². The molecule has 2 rings (SSSR count). The van der Waals surface area contributed by atoms with Crippen molar-refractivity contribution in [3.63, 3.8) is 0 Å². The topological polar surface area (TPSA) is 75.6 Å². The summed E-state index contributed by atoms with van der Waals surface area (Å²) in [4.78, 5) is 22.8. The Morgan fingerprint density at radius 2 is 2.19 bits per heavy atom. The number of benzene rings is 1. The highest BCUT2D eigenvalue weighted by Crippen LogP contribution is 2.26. The van der Waals surface area contributed by atoms with Gasteiger partial charge in [0.05, 0.1) is 6.61 Å². The standard InChI is InChI=1S/C16H21NO4/c1-11(6-7-14(18)19)10-17-16(20)15-13-5-3-2-4-12(13)8-9-21-15/h2-5,11,15H,6-10H2,1H3,(H,17,20)(H,18,19). The van der Waals surface area contributed by atoms with E-state index in [1.807, 2.05) is 31.2 Å². The third-order valence-electron chi connectivity index (χ3n) is 3.71. The molecule has 0 radical (unpaired) electrons. The van der Waals surface area contributed by atoms with Crippen LogP contribution in [-0.4, -0.2) is 30.1 Å². The first-order valence-electron chi connectivity index (χ1n) is 7.27. The normalized spacial score (nSPS) is 18.6. The third kappa shape index (κ3) is 4.29. The van der Waals surface area contributed by atoms with Crippen molar-refractivity contribution in [3.8, 4) is 0 Å². The molecular formula is C16H21NO4. The molecule has 5 nitrogen and oxygen atoms in total. The fourth-order valence-corrected chi connectivity index (χ4v) is 2.45. The van der Waals surface area contributed by atoms with E-state index in [2.05, 4.69) is 5.32 Å². The fourth-order valence-electron chi connectivity index (χ4n) is 2.45. The van der Waals surface area contributed by atoms with Crippen LogP contribution in [0.15, 0.2) is 24.3 Å². The molecule has 21 heavy (non-hydrogen) atoms. The molecule has 1 aromatic carbocycles. The second-order valence-electron chi connectivity index (χ2n) is 5.48. The number of carbonyl (C=O) groups excluding carboxylic acids is 1. The Hall–Kier alpha value is -1.88. The van der Waals surface area contributed by atoms with Crippen LogP contribution in [0.3, 0.4) is 0 Å². The van der Waals surface area contributed by atoms with Gasteiger partial charge >= 0.3 is 5.97 Å². The number of amides is 1. The Kier molecular flexibility index (Phi) is 5.33. The summed E-state index contributed by atoms with van der Waals surface area (Å²) in [5.41, 5.74) is 2.09. The first-order chi connectivity index (χ1) is 10.1. The zero-order valence-corrected chi connectivity index (χ0v) is 12.2. The smallest absolute Gasteiger partial charge is 0.303 e. The first kappa shape index (κ1) is 15.5. The molecule has 2 N–H and O–H groups in total. The molecular weight excluding hydrogens is 270 g/mol. The molecule has 0 bridgehead atoms. The molecule has 2 unspecified atom stereocenters. The zero-order valence-electron chi connectivity index (χ0n) is 12.2. The van der Waals surface area contributed by atoms with Crippen molar-refractivity contribution >= 4 is 11.9 Å². The van der Waals surface area contributed by atoms with E-state index in [1.165, 1.54) is 0 Å². The Morgan fingerprint density at radius 1 is 1.43 bits per heavy atom. The maximum atomic E-state index is 12.3. The van der Waals surface area contributed by atoms with Gasteiger partial charge in [-0.2, -0.15) is 0 Å². The number of rotatable bonds is 6. The molecule has 0 aliphatic carbocycles. The number of fused-ring (bicyclic) bond motifs is 1. The molecule has 1 aliphatic heterocycles. The number of carbonyl (C=O) groups is 2. The van der Waals surface area contributed by atoms with Crippen LogP contribution >= 0.6 is 0 Å². The van der Waals surface area contributed by atoms with Gasteiger partial charge < -0.3 is 15.2 Å². The van der Waals surface area contributed by atoms with Gasteiger partial charge in [0, 0.05) is 13.0 Å². The van der Waals surface area contributed by atoms with Crippen molar-refractivity contribution < 1.29 is 19.4 Å². The quantitative estimate of drug-likeness (QED) is 0.839. The molecule has 0 aromatic heterocycles. The number of hydrogen-bond donors (Lipinski definition) is 2. The first-order valence-corrected chi connectivity index (χ1v) is 7.27. The molecule has 114 valence electrons. The van der Waals surface area contributed by atoms with Crippen molar-refractivity contribution in [2.75, 3.05) is 13.2 Å². The van der Waals surface area contributed by atoms with Gasteiger partial charge in [0.1, 0.15) is 0 Å². The highest BCUT2D eigenvalue weighted by molar-refractivity contribution is 5.82. The van der Waals surface area contributed by atoms with Crippen LogP contribution in [0.2, 0.25) is 0 Å². The van der Waals surface area contributed by atoms with Crippen molar-refractivity contribution in [3.05, 3.63) is 35.4 Å². The summed E-state index contributed by atoms with van der Waals surface area (Å²) in [5.74, 6) is -0.828. The predicted octanol–water partition coefficient (Wildman–Crippen LogP) is 1.92. The van der Waals surface area contributed by atoms with Gasteiger partial charge in [0.15, 0.2) is 6.10 Å². The Labute approximate surface area is 124 Å². The van der Waals surface area contributed by atoms with Crippen LogP contribution in [-0.2, 0) is 20.7 Å². The monoisotopic (exact) mass is 291 g/mol. The number of carboxylic acid groups (broad SMARTS) is 1. The van der Waals surface area contributed by atoms with Gasteiger partial charge in [-0.1, -0.05) is 31.2 Å². The lowest BCUT2D eigenvalue weighted by Crippen LogP contribution is -2.36. The minimum absolute atomic E-state index is 0.125. The van der Waals surface area contributed by atoms with E-state index >= 15 is 0 Å². The second-order valence-corrected chi connectivity index (χ2v) is 5.48. The van der Waals surface area contributed by atoms with E-state index in [1.54, 1.807) is 0 Å². The SMILES string of the molecule is CC(CCC(=O)O)CNC(=O)C1OCCc2ccccc21. The molecule has 0 saturated carbocycles. The number of aliphatic carboxylic acids is 1. The number of ether oxygens (including phenoxy) is 1. The minimum atomic E-state index is -0.808. The molecule has 2 atom stereocenters. The molecule has 5 heteroatoms. The van der Waals surface area contributed by atoms with Crippen LogP contribution in [0.4, 0.5) is 0 Å². The van der Waals surface area contributed by atoms with Crippen LogP contribution in [0.1, 0.15) is 37.0 Å². The van der Waals surface area contributed by atoms with Gasteiger partial charge in [-0.3, -0.25) is 9.59 Å². The van der Waals surface area contributed by atoms with Gasteiger partial charge in [-0.15, -0.1) is 0 Å². The molecule has 0 spiro atoms. The summed E-state index contributed by atoms with van der Waals surface area (Å²) in [6.07, 6.45) is 0.952. The van der Waals surface area contributed by atoms with E-state index < -0.39 is 12.1 Å². The molecule has 0 saturated heterocycles. The third-order valence-corrected chi connectivity index (χ3v) is 3.71. The maximum absolute atomic E-state index is 12.3. The maximum Gasteiger partial charge on any atom is 0.303 e. The number of hydrogen-bond acceptors (Lipinski definition) is 3. The van der Waals surface area contributed by atoms with Crippen LogP contribution in [0, 0.1) is 5.92 Å². The van der Waals surface area contributed by atoms with Crippen LogP contribution in [0.5, 0.6) is 0 Å². The summed E-state index contributed by atoms with van der Waals surface area (Å²) in [6, 6.07) is 7.82. The molecule has 1 amide bonds. The average Bonchev–Trinajstić information content (AvgIpc) is 2.50. The van der Waals surface area contributed by atoms with Gasteiger partial charge in [-0.25, -0.2) is 0 Å². The summed E-state index contributed by atoms with van der Waals surface area (Å²) >= 11 is 0. The Balaban J connectivity index is 1.88. The number of carboxylic acids is 1. The van der Waals surface area contributed by atoms with Crippen molar-refractivity contribution in [1.29, 1.82) is 0 Å². The molecule has 1 heterocycles. The van der Waals surface area contributed by atoms with Crippen molar-refractivity contribution in [2.24, 2.45) is 5.92 Å². The fraction of sp³-hybridized carbons (Fsp3) is 0.500. The minimum Gasteiger partial charge on any atom is -0.481 e. The second kappa shape index (κ2) is 7.22. The molecule has 1 aliphatic rings. The largest absolute Gasteiger partial charge is 0.481 e. The zero-order chi connectivity index (χ0) is 15.2. The highest BCUT2D eigenvalue weighted by atomic mass is 16.5. The Bertz CT molecular complexity index is 515. The summed E-state index contributed by atoms with van der Waals surface area (Å²) in [7, 11) is 0. The Morgan fingerprint density at radius 3 is 2.95 bits per heavy atom. The van der Waals surface area contributed by atoms with Gasteiger partial charge in [0.2, 0.25) is 0 Å². The van der Waals surface area contributed by atoms with Crippen LogP contribution in [0.25, 0.3) is 0 Å². The summed E-state index contributed by atoms with van der Waals surface area (Å²) < 4.78 is 5.59. The van der Waals surface area contributed by atoms with Crippen molar-refractivity contribution in [1.82, 2.24) is 5.32 Å². The van der Waals surface area contributed by atoms with E-state index in [0.29, 0.717) is 19.6 Å². The van der Waals surface area contributed by atoms with E-state index in [9.17, 15) is 9.59 Å². The van der Waals surface area contributed by atoms with E-state index in [0.717, 1.165) is 17.5 Å². The lowest BCUT2D eigenvalue weighted by atomic mass is 9.97. The van der Waals surface area contributed by atoms with Crippen molar-refractivity contribution in [2.45, 2.75) is 32.3 Å². The van der Waals surface area contributed by atoms with Gasteiger partial charge in [0.25, 0.3) is 5.91 Å². The summed E-state index contributed by atoms with van der Waals surface area (Å²) in [6.45, 7) is 2.94. The van der Waals surface area contributed by atoms with Crippen LogP contribution < -0.4 is 5.32 Å². The highest BCUT2D eigenvalue weighted by Gasteiger charge is 2.27. The lowest BCUT2D eigenvalue weighted by molar-refractivity contribution is -0.137. The average molecular weight is 291 g/mol. The lowest BCUT2D eigenvalue weighted by Gasteiger charge is -2.25. The summed E-state index contributed by atoms with van der Waals surface area (Å²) in [5, 5.41) is 11.5. The molecule has 1 aromatic rings. The van der Waals surface area contributed by atoms with E-state index in [-0.39, 0.29) is 18.2 Å². The van der Waals surface area contributed by atoms with Gasteiger partial charge in [-0.05, 0) is 29.9 Å². The predicted molar refractivity (Wildman–Crippen MR) is 77.9 cm³/mol.